The number of rotatable bonds is 5. The Kier molecular flexibility index (Phi) is 6.95. The maximum Gasteiger partial charge on any atom is 0.166 e. The quantitative estimate of drug-likeness (QED) is 0.176. The zero-order chi connectivity index (χ0) is 37.5. The van der Waals surface area contributed by atoms with Crippen LogP contribution in [0.5, 0.6) is 5.75 Å². The second-order valence-corrected chi connectivity index (χ2v) is 14.7. The van der Waals surface area contributed by atoms with Crippen molar-refractivity contribution in [1.82, 2.24) is 19.5 Å². The molecule has 0 saturated carbocycles. The molecule has 3 aromatic heterocycles. The normalized spacial score (nSPS) is 15.9. The fourth-order valence-electron chi connectivity index (χ4n) is 8.77. The molecule has 2 atom stereocenters. The van der Waals surface area contributed by atoms with E-state index in [1.807, 2.05) is 54.6 Å². The Labute approximate surface area is 327 Å². The van der Waals surface area contributed by atoms with Crippen molar-refractivity contribution < 1.29 is 9.15 Å². The second kappa shape index (κ2) is 12.5. The Morgan fingerprint density at radius 3 is 2.05 bits per heavy atom. The van der Waals surface area contributed by atoms with Crippen molar-refractivity contribution in [1.29, 1.82) is 0 Å². The molecule has 0 N–H and O–H groups in total. The number of nitrogens with zero attached hydrogens (tertiary/aromatic N) is 4. The van der Waals surface area contributed by atoms with Crippen molar-refractivity contribution in [3.05, 3.63) is 193 Å². The number of furan rings is 1. The van der Waals surface area contributed by atoms with E-state index in [0.29, 0.717) is 17.5 Å². The molecule has 6 heteroatoms. The summed E-state index contributed by atoms with van der Waals surface area (Å²) in [7, 11) is 0. The van der Waals surface area contributed by atoms with Crippen LogP contribution in [0.1, 0.15) is 17.0 Å². The number of allylic oxidation sites excluding steroid dienone is 2. The molecule has 10 aromatic rings. The second-order valence-electron chi connectivity index (χ2n) is 14.7. The summed E-state index contributed by atoms with van der Waals surface area (Å²) in [4.78, 5) is 15.5. The van der Waals surface area contributed by atoms with Gasteiger partial charge in [-0.05, 0) is 53.6 Å². The van der Waals surface area contributed by atoms with Crippen LogP contribution in [-0.2, 0) is 0 Å². The van der Waals surface area contributed by atoms with Crippen molar-refractivity contribution in [3.63, 3.8) is 0 Å². The van der Waals surface area contributed by atoms with Gasteiger partial charge in [0.15, 0.2) is 17.5 Å². The van der Waals surface area contributed by atoms with Crippen LogP contribution in [0.3, 0.4) is 0 Å². The molecule has 0 spiro atoms. The predicted octanol–water partition coefficient (Wildman–Crippen LogP) is 12.4. The van der Waals surface area contributed by atoms with Gasteiger partial charge in [-0.3, -0.25) is 0 Å². The lowest BCUT2D eigenvalue weighted by Crippen LogP contribution is -2.17. The number of aromatic nitrogens is 4. The minimum absolute atomic E-state index is 0.0928. The van der Waals surface area contributed by atoms with E-state index in [9.17, 15) is 0 Å². The van der Waals surface area contributed by atoms with Gasteiger partial charge in [0.1, 0.15) is 23.0 Å². The summed E-state index contributed by atoms with van der Waals surface area (Å²) in [6.45, 7) is 0. The van der Waals surface area contributed by atoms with E-state index in [-0.39, 0.29) is 12.0 Å². The van der Waals surface area contributed by atoms with E-state index in [1.165, 1.54) is 16.7 Å². The molecule has 268 valence electrons. The van der Waals surface area contributed by atoms with Crippen molar-refractivity contribution in [3.8, 4) is 45.6 Å². The molecular weight excluding hydrogens is 701 g/mol. The fourth-order valence-corrected chi connectivity index (χ4v) is 8.77. The van der Waals surface area contributed by atoms with Crippen molar-refractivity contribution in [2.75, 3.05) is 0 Å². The van der Waals surface area contributed by atoms with Crippen LogP contribution in [0, 0.1) is 0 Å². The van der Waals surface area contributed by atoms with Crippen LogP contribution in [0.15, 0.2) is 186 Å². The van der Waals surface area contributed by atoms with Gasteiger partial charge in [-0.15, -0.1) is 0 Å². The highest BCUT2D eigenvalue weighted by molar-refractivity contribution is 6.13. The number of para-hydroxylation sites is 4. The lowest BCUT2D eigenvalue weighted by atomic mass is 9.87. The number of hydrogen-bond acceptors (Lipinski definition) is 5. The smallest absolute Gasteiger partial charge is 0.166 e. The lowest BCUT2D eigenvalue weighted by molar-refractivity contribution is 0.269. The molecule has 0 fully saturated rings. The van der Waals surface area contributed by atoms with Crippen molar-refractivity contribution >= 4 is 49.3 Å². The third kappa shape index (κ3) is 5.00. The summed E-state index contributed by atoms with van der Waals surface area (Å²) >= 11 is 0. The Hall–Kier alpha value is -7.57. The average molecular weight is 733 g/mol. The van der Waals surface area contributed by atoms with E-state index in [2.05, 4.69) is 132 Å². The molecule has 0 bridgehead atoms. The highest BCUT2D eigenvalue weighted by atomic mass is 16.5. The standard InChI is InChI=1S/C51H32N4O2/c1-3-13-31(14-4-1)33-26-28-45-41(29-33)39-20-12-23-43(48(39)57-45)55-42-22-9-7-17-35(42)38-19-11-21-40(47(38)55)51-53-49(32-15-5-2-6-16-32)52-50(54-51)34-25-27-37-36-18-8-10-24-44(36)56-46(37)30-34/h1-30,41,45H. The van der Waals surface area contributed by atoms with Crippen molar-refractivity contribution in [2.24, 2.45) is 0 Å². The molecule has 6 nitrogen and oxygen atoms in total. The maximum atomic E-state index is 6.90. The fraction of sp³-hybridized carbons (Fsp3) is 0.0392. The molecule has 1 aliphatic carbocycles. The Morgan fingerprint density at radius 2 is 1.19 bits per heavy atom. The Bertz CT molecular complexity index is 3290. The number of ether oxygens (including phenoxy) is 1. The first-order valence-corrected chi connectivity index (χ1v) is 19.3. The van der Waals surface area contributed by atoms with Crippen LogP contribution in [0.2, 0.25) is 0 Å². The van der Waals surface area contributed by atoms with Gasteiger partial charge < -0.3 is 13.7 Å². The van der Waals surface area contributed by atoms with Crippen molar-refractivity contribution in [2.45, 2.75) is 12.0 Å². The van der Waals surface area contributed by atoms with Gasteiger partial charge in [-0.25, -0.2) is 15.0 Å². The van der Waals surface area contributed by atoms with Crippen LogP contribution in [0.4, 0.5) is 0 Å². The minimum atomic E-state index is -0.0928. The van der Waals surface area contributed by atoms with Gasteiger partial charge in [-0.1, -0.05) is 140 Å². The van der Waals surface area contributed by atoms with Crippen LogP contribution in [0.25, 0.3) is 89.2 Å². The molecule has 0 saturated heterocycles. The summed E-state index contributed by atoms with van der Waals surface area (Å²) in [5.74, 6) is 2.73. The van der Waals surface area contributed by atoms with Gasteiger partial charge in [0.25, 0.3) is 0 Å². The molecule has 0 radical (unpaired) electrons. The van der Waals surface area contributed by atoms with Crippen LogP contribution >= 0.6 is 0 Å². The predicted molar refractivity (Wildman–Crippen MR) is 228 cm³/mol. The number of fused-ring (bicyclic) bond motifs is 9. The maximum absolute atomic E-state index is 6.90. The summed E-state index contributed by atoms with van der Waals surface area (Å²) in [6, 6.07) is 56.5. The molecule has 1 aliphatic heterocycles. The number of hydrogen-bond donors (Lipinski definition) is 0. The van der Waals surface area contributed by atoms with E-state index in [0.717, 1.165) is 71.9 Å². The molecule has 7 aromatic carbocycles. The molecule has 2 unspecified atom stereocenters. The topological polar surface area (TPSA) is 66.0 Å². The molecule has 2 aliphatic rings. The summed E-state index contributed by atoms with van der Waals surface area (Å²) in [5, 5.41) is 4.38. The highest BCUT2D eigenvalue weighted by Gasteiger charge is 2.36. The molecular formula is C51H32N4O2. The van der Waals surface area contributed by atoms with Gasteiger partial charge >= 0.3 is 0 Å². The van der Waals surface area contributed by atoms with E-state index in [4.69, 9.17) is 24.1 Å². The van der Waals surface area contributed by atoms with E-state index < -0.39 is 0 Å². The monoisotopic (exact) mass is 732 g/mol. The van der Waals surface area contributed by atoms with E-state index in [1.54, 1.807) is 0 Å². The molecule has 12 rings (SSSR count). The Balaban J connectivity index is 1.08. The molecule has 0 amide bonds. The Morgan fingerprint density at radius 1 is 0.509 bits per heavy atom. The first-order chi connectivity index (χ1) is 28.2. The van der Waals surface area contributed by atoms with Gasteiger partial charge in [0, 0.05) is 49.7 Å². The first-order valence-electron chi connectivity index (χ1n) is 19.3. The SMILES string of the molecule is C1=CC2Oc3c(cccc3-n3c4ccccc4c4cccc(-c5nc(-c6ccccc6)nc(-c6ccc7c(c6)oc6ccccc67)n5)c43)C2C=C1c1ccccc1. The third-order valence-electron chi connectivity index (χ3n) is 11.4. The van der Waals surface area contributed by atoms with Gasteiger partial charge in [0.2, 0.25) is 0 Å². The number of benzene rings is 7. The molecule has 57 heavy (non-hydrogen) atoms. The largest absolute Gasteiger partial charge is 0.483 e. The summed E-state index contributed by atoms with van der Waals surface area (Å²) in [6.07, 6.45) is 6.65. The summed E-state index contributed by atoms with van der Waals surface area (Å²) < 4.78 is 15.5. The first kappa shape index (κ1) is 31.7. The van der Waals surface area contributed by atoms with Crippen LogP contribution in [-0.4, -0.2) is 25.6 Å². The van der Waals surface area contributed by atoms with E-state index >= 15 is 0 Å². The minimum Gasteiger partial charge on any atom is -0.483 e. The third-order valence-corrected chi connectivity index (χ3v) is 11.4. The van der Waals surface area contributed by atoms with Crippen LogP contribution < -0.4 is 4.74 Å². The lowest BCUT2D eigenvalue weighted by Gasteiger charge is -2.18. The molecule has 4 heterocycles. The zero-order valence-electron chi connectivity index (χ0n) is 30.6. The highest BCUT2D eigenvalue weighted by Crippen LogP contribution is 2.49. The van der Waals surface area contributed by atoms with Gasteiger partial charge in [0.05, 0.1) is 16.7 Å². The average Bonchev–Trinajstić information content (AvgIpc) is 3.96. The van der Waals surface area contributed by atoms with Gasteiger partial charge in [-0.2, -0.15) is 0 Å². The zero-order valence-corrected chi connectivity index (χ0v) is 30.6. The summed E-state index contributed by atoms with van der Waals surface area (Å²) in [5.41, 5.74) is 10.9.